The van der Waals surface area contributed by atoms with Gasteiger partial charge >= 0.3 is 0 Å². The molecule has 0 aromatic carbocycles. The molecule has 0 saturated heterocycles. The van der Waals surface area contributed by atoms with E-state index in [2.05, 4.69) is 22.8 Å². The summed E-state index contributed by atoms with van der Waals surface area (Å²) in [5, 5.41) is 1.27. The molecule has 102 valence electrons. The van der Waals surface area contributed by atoms with Gasteiger partial charge in [-0.2, -0.15) is 0 Å². The first-order valence-corrected chi connectivity index (χ1v) is 7.23. The first-order chi connectivity index (χ1) is 9.20. The van der Waals surface area contributed by atoms with E-state index < -0.39 is 0 Å². The van der Waals surface area contributed by atoms with Gasteiger partial charge in [0.05, 0.1) is 5.69 Å². The number of nitrogens with two attached hydrogens (primary N) is 1. The molecule has 0 radical (unpaired) electrons. The molecule has 0 amide bonds. The molecule has 19 heavy (non-hydrogen) atoms. The molecule has 2 N–H and O–H groups in total. The van der Waals surface area contributed by atoms with Crippen LogP contribution in [0.3, 0.4) is 0 Å². The number of aromatic nitrogens is 3. The summed E-state index contributed by atoms with van der Waals surface area (Å²) in [4.78, 5) is 9.40. The van der Waals surface area contributed by atoms with E-state index in [4.69, 9.17) is 10.7 Å². The van der Waals surface area contributed by atoms with Crippen molar-refractivity contribution in [1.29, 1.82) is 0 Å². The molecule has 0 bridgehead atoms. The molecule has 2 aromatic heterocycles. The summed E-state index contributed by atoms with van der Waals surface area (Å²) in [6, 6.07) is 0. The lowest BCUT2D eigenvalue weighted by atomic mass is 9.98. The molecule has 0 spiro atoms. The third-order valence-corrected chi connectivity index (χ3v) is 4.19. The van der Waals surface area contributed by atoms with Gasteiger partial charge in [-0.25, -0.2) is 9.97 Å². The number of hydrogen-bond acceptors (Lipinski definition) is 3. The van der Waals surface area contributed by atoms with Crippen LogP contribution < -0.4 is 5.73 Å². The molecule has 0 unspecified atom stereocenters. The number of fused-ring (bicyclic) bond motifs is 1. The molecule has 0 atom stereocenters. The minimum absolute atomic E-state index is 0.614. The molecule has 1 aliphatic carbocycles. The Balaban J connectivity index is 2.22. The van der Waals surface area contributed by atoms with Gasteiger partial charge in [0.1, 0.15) is 11.5 Å². The van der Waals surface area contributed by atoms with Crippen LogP contribution in [0.25, 0.3) is 11.0 Å². The van der Waals surface area contributed by atoms with Crippen molar-refractivity contribution in [1.82, 2.24) is 14.5 Å². The maximum absolute atomic E-state index is 5.74. The summed E-state index contributed by atoms with van der Waals surface area (Å²) in [6.07, 6.45) is 8.27. The molecule has 1 saturated carbocycles. The Hall–Kier alpha value is -1.42. The molecule has 4 heteroatoms. The SMILES string of the molecule is Cc1nc(C2CCCC2)c2c(CCN)cn(C)c2n1. The first-order valence-electron chi connectivity index (χ1n) is 7.23. The highest BCUT2D eigenvalue weighted by molar-refractivity contribution is 5.83. The fraction of sp³-hybridized carbons (Fsp3) is 0.600. The quantitative estimate of drug-likeness (QED) is 0.920. The van der Waals surface area contributed by atoms with Crippen molar-refractivity contribution in [2.24, 2.45) is 12.8 Å². The molecule has 1 aliphatic rings. The van der Waals surface area contributed by atoms with E-state index in [-0.39, 0.29) is 0 Å². The van der Waals surface area contributed by atoms with Crippen molar-refractivity contribution in [2.75, 3.05) is 6.54 Å². The van der Waals surface area contributed by atoms with Crippen LogP contribution in [0.1, 0.15) is 48.7 Å². The molecule has 2 heterocycles. The highest BCUT2D eigenvalue weighted by Crippen LogP contribution is 2.37. The number of nitrogens with zero attached hydrogens (tertiary/aromatic N) is 3. The summed E-state index contributed by atoms with van der Waals surface area (Å²) in [5.41, 5.74) is 9.39. The van der Waals surface area contributed by atoms with Gasteiger partial charge in [-0.05, 0) is 38.3 Å². The molecular weight excluding hydrogens is 236 g/mol. The predicted molar refractivity (Wildman–Crippen MR) is 77.2 cm³/mol. The topological polar surface area (TPSA) is 56.7 Å². The van der Waals surface area contributed by atoms with Crippen LogP contribution >= 0.6 is 0 Å². The van der Waals surface area contributed by atoms with Crippen molar-refractivity contribution in [2.45, 2.75) is 44.9 Å². The summed E-state index contributed by atoms with van der Waals surface area (Å²) in [5.74, 6) is 1.50. The summed E-state index contributed by atoms with van der Waals surface area (Å²) in [7, 11) is 2.06. The van der Waals surface area contributed by atoms with Gasteiger partial charge in [0.25, 0.3) is 0 Å². The van der Waals surface area contributed by atoms with Crippen LogP contribution in [0.4, 0.5) is 0 Å². The van der Waals surface area contributed by atoms with Crippen molar-refractivity contribution in [3.05, 3.63) is 23.3 Å². The smallest absolute Gasteiger partial charge is 0.143 e. The Labute approximate surface area is 114 Å². The molecular formula is C15H22N4. The van der Waals surface area contributed by atoms with E-state index in [0.29, 0.717) is 12.5 Å². The maximum atomic E-state index is 5.74. The second-order valence-corrected chi connectivity index (χ2v) is 5.64. The lowest BCUT2D eigenvalue weighted by Gasteiger charge is -2.12. The van der Waals surface area contributed by atoms with Gasteiger partial charge in [-0.3, -0.25) is 0 Å². The second kappa shape index (κ2) is 4.93. The van der Waals surface area contributed by atoms with Crippen molar-refractivity contribution in [3.8, 4) is 0 Å². The zero-order valence-electron chi connectivity index (χ0n) is 11.8. The Morgan fingerprint density at radius 3 is 2.74 bits per heavy atom. The fourth-order valence-corrected chi connectivity index (χ4v) is 3.34. The standard InChI is InChI=1S/C15H22N4/c1-10-17-14(11-5-3-4-6-11)13-12(7-8-16)9-19(2)15(13)18-10/h9,11H,3-8,16H2,1-2H3. The largest absolute Gasteiger partial charge is 0.335 e. The molecule has 3 rings (SSSR count). The minimum Gasteiger partial charge on any atom is -0.335 e. The molecule has 0 aliphatic heterocycles. The van der Waals surface area contributed by atoms with Crippen LogP contribution in [0.5, 0.6) is 0 Å². The van der Waals surface area contributed by atoms with Crippen LogP contribution in [-0.2, 0) is 13.5 Å². The van der Waals surface area contributed by atoms with Crippen LogP contribution in [-0.4, -0.2) is 21.1 Å². The van der Waals surface area contributed by atoms with Gasteiger partial charge in [-0.1, -0.05) is 12.8 Å². The van der Waals surface area contributed by atoms with Gasteiger partial charge in [-0.15, -0.1) is 0 Å². The number of rotatable bonds is 3. The molecule has 1 fully saturated rings. The van der Waals surface area contributed by atoms with E-state index in [1.807, 2.05) is 6.92 Å². The van der Waals surface area contributed by atoms with Crippen LogP contribution in [0.2, 0.25) is 0 Å². The van der Waals surface area contributed by atoms with E-state index in [0.717, 1.165) is 17.9 Å². The molecule has 4 nitrogen and oxygen atoms in total. The summed E-state index contributed by atoms with van der Waals surface area (Å²) in [6.45, 7) is 2.67. The highest BCUT2D eigenvalue weighted by atomic mass is 15.0. The van der Waals surface area contributed by atoms with E-state index in [1.54, 1.807) is 0 Å². The zero-order valence-corrected chi connectivity index (χ0v) is 11.8. The second-order valence-electron chi connectivity index (χ2n) is 5.64. The maximum Gasteiger partial charge on any atom is 0.143 e. The third kappa shape index (κ3) is 2.14. The average Bonchev–Trinajstić information content (AvgIpc) is 2.99. The van der Waals surface area contributed by atoms with E-state index in [1.165, 1.54) is 42.3 Å². The summed E-state index contributed by atoms with van der Waals surface area (Å²) < 4.78 is 2.12. The third-order valence-electron chi connectivity index (χ3n) is 4.19. The van der Waals surface area contributed by atoms with Crippen LogP contribution in [0, 0.1) is 6.92 Å². The van der Waals surface area contributed by atoms with Crippen molar-refractivity contribution in [3.63, 3.8) is 0 Å². The lowest BCUT2D eigenvalue weighted by molar-refractivity contribution is 0.697. The molecule has 2 aromatic rings. The van der Waals surface area contributed by atoms with Gasteiger partial charge in [0.2, 0.25) is 0 Å². The zero-order chi connectivity index (χ0) is 13.4. The Morgan fingerprint density at radius 1 is 1.32 bits per heavy atom. The van der Waals surface area contributed by atoms with E-state index in [9.17, 15) is 0 Å². The monoisotopic (exact) mass is 258 g/mol. The normalized spacial score (nSPS) is 16.6. The van der Waals surface area contributed by atoms with Gasteiger partial charge < -0.3 is 10.3 Å². The van der Waals surface area contributed by atoms with Gasteiger partial charge in [0, 0.05) is 24.5 Å². The van der Waals surface area contributed by atoms with Crippen LogP contribution in [0.15, 0.2) is 6.20 Å². The highest BCUT2D eigenvalue weighted by Gasteiger charge is 2.24. The first kappa shape index (κ1) is 12.6. The van der Waals surface area contributed by atoms with Gasteiger partial charge in [0.15, 0.2) is 0 Å². The Kier molecular flexibility index (Phi) is 3.27. The van der Waals surface area contributed by atoms with Crippen molar-refractivity contribution >= 4 is 11.0 Å². The number of aryl methyl sites for hydroxylation is 2. The minimum atomic E-state index is 0.614. The Morgan fingerprint density at radius 2 is 2.05 bits per heavy atom. The van der Waals surface area contributed by atoms with Crippen molar-refractivity contribution < 1.29 is 0 Å². The fourth-order valence-electron chi connectivity index (χ4n) is 3.34. The van der Waals surface area contributed by atoms with E-state index >= 15 is 0 Å². The predicted octanol–water partition coefficient (Wildman–Crippen LogP) is 2.44. The average molecular weight is 258 g/mol. The Bertz CT molecular complexity index is 594. The summed E-state index contributed by atoms with van der Waals surface area (Å²) >= 11 is 0. The lowest BCUT2D eigenvalue weighted by Crippen LogP contribution is -2.05. The number of hydrogen-bond donors (Lipinski definition) is 1.